The summed E-state index contributed by atoms with van der Waals surface area (Å²) in [5.41, 5.74) is 8.45. The molecule has 4 heteroatoms. The summed E-state index contributed by atoms with van der Waals surface area (Å²) in [7, 11) is 0. The van der Waals surface area contributed by atoms with Gasteiger partial charge in [0, 0.05) is 18.3 Å². The van der Waals surface area contributed by atoms with E-state index < -0.39 is 0 Å². The topological polar surface area (TPSA) is 38.9 Å². The number of benzene rings is 1. The Labute approximate surface area is 104 Å². The summed E-state index contributed by atoms with van der Waals surface area (Å²) < 4.78 is 0. The molecule has 1 aromatic carbocycles. The summed E-state index contributed by atoms with van der Waals surface area (Å²) in [6.45, 7) is 0.399. The lowest BCUT2D eigenvalue weighted by Gasteiger charge is -2.07. The van der Waals surface area contributed by atoms with Crippen molar-refractivity contribution < 1.29 is 0 Å². The van der Waals surface area contributed by atoms with E-state index in [0.717, 1.165) is 16.8 Å². The molecule has 2 nitrogen and oxygen atoms in total. The summed E-state index contributed by atoms with van der Waals surface area (Å²) in [6, 6.07) is 9.34. The van der Waals surface area contributed by atoms with Crippen molar-refractivity contribution in [3.63, 3.8) is 0 Å². The summed E-state index contributed by atoms with van der Waals surface area (Å²) >= 11 is 11.8. The summed E-state index contributed by atoms with van der Waals surface area (Å²) in [4.78, 5) is 4.22. The third kappa shape index (κ3) is 2.19. The Morgan fingerprint density at radius 1 is 1.12 bits per heavy atom. The number of nitrogens with two attached hydrogens (primary N) is 1. The van der Waals surface area contributed by atoms with Crippen molar-refractivity contribution in [1.29, 1.82) is 0 Å². The molecule has 82 valence electrons. The molecular formula is C12H10Cl2N2. The molecular weight excluding hydrogens is 243 g/mol. The van der Waals surface area contributed by atoms with E-state index in [1.165, 1.54) is 0 Å². The molecule has 0 unspecified atom stereocenters. The summed E-state index contributed by atoms with van der Waals surface area (Å²) in [5, 5.41) is 1.08. The maximum absolute atomic E-state index is 5.98. The minimum atomic E-state index is 0.399. The lowest BCUT2D eigenvalue weighted by atomic mass is 10.0. The van der Waals surface area contributed by atoms with E-state index in [4.69, 9.17) is 28.9 Å². The van der Waals surface area contributed by atoms with Gasteiger partial charge in [0.2, 0.25) is 0 Å². The van der Waals surface area contributed by atoms with Gasteiger partial charge in [-0.25, -0.2) is 0 Å². The lowest BCUT2D eigenvalue weighted by Crippen LogP contribution is -2.01. The fraction of sp³-hybridized carbons (Fsp3) is 0.0833. The third-order valence-electron chi connectivity index (χ3n) is 2.31. The van der Waals surface area contributed by atoms with E-state index in [-0.39, 0.29) is 0 Å². The van der Waals surface area contributed by atoms with E-state index in [9.17, 15) is 0 Å². The zero-order chi connectivity index (χ0) is 11.5. The van der Waals surface area contributed by atoms with Gasteiger partial charge in [-0.2, -0.15) is 0 Å². The van der Waals surface area contributed by atoms with E-state index >= 15 is 0 Å². The van der Waals surface area contributed by atoms with Gasteiger partial charge in [-0.15, -0.1) is 0 Å². The Balaban J connectivity index is 2.54. The highest BCUT2D eigenvalue weighted by atomic mass is 35.5. The van der Waals surface area contributed by atoms with Crippen molar-refractivity contribution >= 4 is 23.2 Å². The molecule has 1 aromatic heterocycles. The first-order valence-corrected chi connectivity index (χ1v) is 5.57. The van der Waals surface area contributed by atoms with Gasteiger partial charge in [0.1, 0.15) is 0 Å². The first kappa shape index (κ1) is 11.4. The van der Waals surface area contributed by atoms with Gasteiger partial charge in [0.05, 0.1) is 15.7 Å². The van der Waals surface area contributed by atoms with Crippen LogP contribution in [0.3, 0.4) is 0 Å². The zero-order valence-corrected chi connectivity index (χ0v) is 9.96. The van der Waals surface area contributed by atoms with Crippen molar-refractivity contribution in [2.45, 2.75) is 6.54 Å². The predicted octanol–water partition coefficient (Wildman–Crippen LogP) is 3.51. The van der Waals surface area contributed by atoms with Gasteiger partial charge >= 0.3 is 0 Å². The van der Waals surface area contributed by atoms with Crippen LogP contribution in [0.2, 0.25) is 10.0 Å². The highest BCUT2D eigenvalue weighted by Crippen LogP contribution is 2.29. The van der Waals surface area contributed by atoms with Crippen molar-refractivity contribution in [3.8, 4) is 11.1 Å². The quantitative estimate of drug-likeness (QED) is 0.889. The zero-order valence-electron chi connectivity index (χ0n) is 8.45. The maximum Gasteiger partial charge on any atom is 0.0617 e. The highest BCUT2D eigenvalue weighted by molar-refractivity contribution is 6.42. The molecule has 0 saturated carbocycles. The number of rotatable bonds is 2. The largest absolute Gasteiger partial charge is 0.325 e. The van der Waals surface area contributed by atoms with Crippen LogP contribution in [0, 0.1) is 0 Å². The molecule has 2 N–H and O–H groups in total. The normalized spacial score (nSPS) is 10.4. The highest BCUT2D eigenvalue weighted by Gasteiger charge is 2.06. The van der Waals surface area contributed by atoms with E-state index in [0.29, 0.717) is 16.6 Å². The molecule has 0 aliphatic carbocycles. The number of nitrogens with zero attached hydrogens (tertiary/aromatic N) is 1. The molecule has 0 aliphatic rings. The van der Waals surface area contributed by atoms with E-state index in [2.05, 4.69) is 4.98 Å². The molecule has 0 atom stereocenters. The van der Waals surface area contributed by atoms with Crippen LogP contribution in [0.4, 0.5) is 0 Å². The molecule has 0 saturated heterocycles. The standard InChI is InChI=1S/C12H10Cl2N2/c13-10-4-3-8(6-11(10)14)9-2-1-5-16-12(9)7-15/h1-6H,7,15H2. The van der Waals surface area contributed by atoms with Crippen LogP contribution in [0.15, 0.2) is 36.5 Å². The molecule has 16 heavy (non-hydrogen) atoms. The summed E-state index contributed by atoms with van der Waals surface area (Å²) in [6.07, 6.45) is 1.73. The van der Waals surface area contributed by atoms with Gasteiger partial charge in [0.25, 0.3) is 0 Å². The van der Waals surface area contributed by atoms with Crippen LogP contribution in [-0.2, 0) is 6.54 Å². The monoisotopic (exact) mass is 252 g/mol. The maximum atomic E-state index is 5.98. The number of hydrogen-bond acceptors (Lipinski definition) is 2. The first-order chi connectivity index (χ1) is 7.72. The van der Waals surface area contributed by atoms with Crippen LogP contribution >= 0.6 is 23.2 Å². The van der Waals surface area contributed by atoms with Gasteiger partial charge in [-0.3, -0.25) is 4.98 Å². The van der Waals surface area contributed by atoms with Crippen molar-refractivity contribution in [1.82, 2.24) is 4.98 Å². The predicted molar refractivity (Wildman–Crippen MR) is 67.6 cm³/mol. The van der Waals surface area contributed by atoms with Gasteiger partial charge in [-0.05, 0) is 23.8 Å². The minimum absolute atomic E-state index is 0.399. The average Bonchev–Trinajstić information content (AvgIpc) is 2.32. The molecule has 1 heterocycles. The van der Waals surface area contributed by atoms with Crippen LogP contribution in [0.5, 0.6) is 0 Å². The van der Waals surface area contributed by atoms with Crippen molar-refractivity contribution in [2.75, 3.05) is 0 Å². The Morgan fingerprint density at radius 2 is 1.94 bits per heavy atom. The van der Waals surface area contributed by atoms with Crippen LogP contribution in [0.1, 0.15) is 5.69 Å². The Morgan fingerprint density at radius 3 is 2.62 bits per heavy atom. The van der Waals surface area contributed by atoms with Crippen LogP contribution in [-0.4, -0.2) is 4.98 Å². The Bertz CT molecular complexity index is 512. The SMILES string of the molecule is NCc1ncccc1-c1ccc(Cl)c(Cl)c1. The number of hydrogen-bond donors (Lipinski definition) is 1. The van der Waals surface area contributed by atoms with E-state index in [1.54, 1.807) is 12.3 Å². The number of pyridine rings is 1. The molecule has 2 aromatic rings. The Hall–Kier alpha value is -1.09. The molecule has 0 fully saturated rings. The molecule has 0 radical (unpaired) electrons. The molecule has 2 rings (SSSR count). The second-order valence-electron chi connectivity index (χ2n) is 3.33. The number of aromatic nitrogens is 1. The summed E-state index contributed by atoms with van der Waals surface area (Å²) in [5.74, 6) is 0. The number of halogens is 2. The van der Waals surface area contributed by atoms with Gasteiger partial charge < -0.3 is 5.73 Å². The lowest BCUT2D eigenvalue weighted by molar-refractivity contribution is 0.994. The van der Waals surface area contributed by atoms with Crippen LogP contribution in [0.25, 0.3) is 11.1 Å². The van der Waals surface area contributed by atoms with Crippen molar-refractivity contribution in [2.24, 2.45) is 5.73 Å². The van der Waals surface area contributed by atoms with Crippen LogP contribution < -0.4 is 5.73 Å². The molecule has 0 spiro atoms. The van der Waals surface area contributed by atoms with E-state index in [1.807, 2.05) is 24.3 Å². The Kier molecular flexibility index (Phi) is 3.44. The van der Waals surface area contributed by atoms with Crippen molar-refractivity contribution in [3.05, 3.63) is 52.3 Å². The fourth-order valence-corrected chi connectivity index (χ4v) is 1.83. The van der Waals surface area contributed by atoms with Gasteiger partial charge in [-0.1, -0.05) is 35.3 Å². The average molecular weight is 253 g/mol. The van der Waals surface area contributed by atoms with Gasteiger partial charge in [0.15, 0.2) is 0 Å². The molecule has 0 bridgehead atoms. The smallest absolute Gasteiger partial charge is 0.0617 e. The molecule has 0 amide bonds. The second-order valence-corrected chi connectivity index (χ2v) is 4.15. The minimum Gasteiger partial charge on any atom is -0.325 e. The molecule has 0 aliphatic heterocycles. The third-order valence-corrected chi connectivity index (χ3v) is 3.05. The first-order valence-electron chi connectivity index (χ1n) is 4.81. The fourth-order valence-electron chi connectivity index (χ4n) is 1.53. The second kappa shape index (κ2) is 4.83.